The number of hydrogen-bond acceptors (Lipinski definition) is 6. The van der Waals surface area contributed by atoms with Gasteiger partial charge in [0.1, 0.15) is 6.33 Å². The molecule has 0 amide bonds. The van der Waals surface area contributed by atoms with Gasteiger partial charge in [-0.15, -0.1) is 5.10 Å². The molecule has 0 bridgehead atoms. The first-order valence-electron chi connectivity index (χ1n) is 6.90. The Morgan fingerprint density at radius 1 is 1.67 bits per heavy atom. The highest BCUT2D eigenvalue weighted by Crippen LogP contribution is 2.32. The highest BCUT2D eigenvalue weighted by Gasteiger charge is 2.33. The van der Waals surface area contributed by atoms with Crippen LogP contribution in [0.25, 0.3) is 4.83 Å². The number of hydrogen-bond donors (Lipinski definition) is 2. The van der Waals surface area contributed by atoms with Gasteiger partial charge in [-0.05, 0) is 12.8 Å². The van der Waals surface area contributed by atoms with E-state index >= 15 is 0 Å². The van der Waals surface area contributed by atoms with Gasteiger partial charge in [0.05, 0.1) is 6.10 Å². The summed E-state index contributed by atoms with van der Waals surface area (Å²) in [5.74, 6) is -1.03. The van der Waals surface area contributed by atoms with Gasteiger partial charge in [-0.3, -0.25) is 0 Å². The molecule has 2 aromatic heterocycles. The smallest absolute Gasteiger partial charge is 0.357 e. The molecule has 0 radical (unpaired) electrons. The number of carboxylic acids is 1. The maximum absolute atomic E-state index is 11.0. The van der Waals surface area contributed by atoms with E-state index in [9.17, 15) is 4.79 Å². The lowest BCUT2D eigenvalue weighted by Crippen LogP contribution is -2.35. The molecule has 3 rings (SSSR count). The van der Waals surface area contributed by atoms with Crippen molar-refractivity contribution >= 4 is 27.3 Å². The SMILES string of the molecule is CC(C)(CNc1nn2cnc(C(=O)O)c2s1)C1CCCO1. The van der Waals surface area contributed by atoms with Crippen LogP contribution >= 0.6 is 11.3 Å². The van der Waals surface area contributed by atoms with Crippen molar-refractivity contribution in [1.29, 1.82) is 0 Å². The topological polar surface area (TPSA) is 88.8 Å². The Bertz CT molecular complexity index is 657. The first kappa shape index (κ1) is 14.3. The standard InChI is InChI=1S/C13H18N4O3S/c1-13(2,8-4-3-5-20-8)6-14-12-16-17-7-15-9(11(18)19)10(17)21-12/h7-8H,3-6H2,1-2H3,(H,14,16)(H,18,19). The van der Waals surface area contributed by atoms with E-state index in [0.717, 1.165) is 26.0 Å². The zero-order valence-corrected chi connectivity index (χ0v) is 12.8. The fourth-order valence-corrected chi connectivity index (χ4v) is 3.41. The number of nitrogens with zero attached hydrogens (tertiary/aromatic N) is 3. The number of imidazole rings is 1. The predicted molar refractivity (Wildman–Crippen MR) is 79.1 cm³/mol. The third-order valence-electron chi connectivity index (χ3n) is 3.80. The molecule has 2 aromatic rings. The summed E-state index contributed by atoms with van der Waals surface area (Å²) in [6.07, 6.45) is 3.88. The van der Waals surface area contributed by atoms with Crippen molar-refractivity contribution in [2.75, 3.05) is 18.5 Å². The number of aromatic carboxylic acids is 1. The predicted octanol–water partition coefficient (Wildman–Crippen LogP) is 2.11. The second-order valence-corrected chi connectivity index (χ2v) is 6.88. The summed E-state index contributed by atoms with van der Waals surface area (Å²) in [6, 6.07) is 0. The lowest BCUT2D eigenvalue weighted by Gasteiger charge is -2.30. The van der Waals surface area contributed by atoms with Gasteiger partial charge in [-0.1, -0.05) is 25.2 Å². The van der Waals surface area contributed by atoms with Crippen molar-refractivity contribution in [1.82, 2.24) is 14.6 Å². The van der Waals surface area contributed by atoms with Crippen LogP contribution in [0, 0.1) is 5.41 Å². The molecular formula is C13H18N4O3S. The molecule has 21 heavy (non-hydrogen) atoms. The molecule has 1 fully saturated rings. The van der Waals surface area contributed by atoms with E-state index in [1.54, 1.807) is 0 Å². The summed E-state index contributed by atoms with van der Waals surface area (Å²) >= 11 is 1.30. The van der Waals surface area contributed by atoms with Crippen molar-refractivity contribution in [3.8, 4) is 0 Å². The quantitative estimate of drug-likeness (QED) is 0.879. The van der Waals surface area contributed by atoms with Crippen molar-refractivity contribution in [3.63, 3.8) is 0 Å². The van der Waals surface area contributed by atoms with Crippen molar-refractivity contribution < 1.29 is 14.6 Å². The summed E-state index contributed by atoms with van der Waals surface area (Å²) in [4.78, 5) is 15.4. The van der Waals surface area contributed by atoms with Crippen LogP contribution in [0.5, 0.6) is 0 Å². The molecule has 114 valence electrons. The molecule has 1 unspecified atom stereocenters. The summed E-state index contributed by atoms with van der Waals surface area (Å²) in [6.45, 7) is 5.90. The fourth-order valence-electron chi connectivity index (χ4n) is 2.53. The lowest BCUT2D eigenvalue weighted by molar-refractivity contribution is 0.0259. The highest BCUT2D eigenvalue weighted by atomic mass is 32.1. The Labute approximate surface area is 125 Å². The monoisotopic (exact) mass is 310 g/mol. The number of fused-ring (bicyclic) bond motifs is 1. The second kappa shape index (κ2) is 5.27. The Morgan fingerprint density at radius 2 is 2.48 bits per heavy atom. The molecule has 7 nitrogen and oxygen atoms in total. The minimum atomic E-state index is -1.03. The summed E-state index contributed by atoms with van der Waals surface area (Å²) in [5, 5.41) is 17.3. The second-order valence-electron chi connectivity index (χ2n) is 5.90. The molecule has 0 aliphatic carbocycles. The van der Waals surface area contributed by atoms with Crippen LogP contribution in [0.1, 0.15) is 37.2 Å². The van der Waals surface area contributed by atoms with Gasteiger partial charge >= 0.3 is 5.97 Å². The first-order valence-corrected chi connectivity index (χ1v) is 7.72. The molecule has 2 N–H and O–H groups in total. The first-order chi connectivity index (χ1) is 9.97. The fraction of sp³-hybridized carbons (Fsp3) is 0.615. The molecule has 1 atom stereocenters. The molecule has 1 aliphatic heterocycles. The Kier molecular flexibility index (Phi) is 3.58. The summed E-state index contributed by atoms with van der Waals surface area (Å²) in [5.41, 5.74) is 0.0454. The Balaban J connectivity index is 1.71. The zero-order valence-electron chi connectivity index (χ0n) is 12.0. The molecule has 1 aliphatic rings. The molecule has 3 heterocycles. The molecule has 0 spiro atoms. The van der Waals surface area contributed by atoms with E-state index in [1.165, 1.54) is 22.2 Å². The van der Waals surface area contributed by atoms with E-state index in [0.29, 0.717) is 9.96 Å². The van der Waals surface area contributed by atoms with Crippen LogP contribution in [0.4, 0.5) is 5.13 Å². The number of aromatic nitrogens is 3. The minimum Gasteiger partial charge on any atom is -0.476 e. The average Bonchev–Trinajstić information content (AvgIpc) is 3.12. The van der Waals surface area contributed by atoms with Gasteiger partial charge in [0.2, 0.25) is 5.13 Å². The van der Waals surface area contributed by atoms with Gasteiger partial charge in [0, 0.05) is 18.6 Å². The van der Waals surface area contributed by atoms with E-state index < -0.39 is 5.97 Å². The van der Waals surface area contributed by atoms with E-state index in [1.807, 2.05) is 0 Å². The molecule has 1 saturated heterocycles. The third kappa shape index (κ3) is 2.73. The maximum atomic E-state index is 11.0. The van der Waals surface area contributed by atoms with Crippen LogP contribution in [-0.4, -0.2) is 44.9 Å². The largest absolute Gasteiger partial charge is 0.476 e. The molecule has 0 saturated carbocycles. The van der Waals surface area contributed by atoms with E-state index in [-0.39, 0.29) is 17.2 Å². The number of carbonyl (C=O) groups is 1. The molecular weight excluding hydrogens is 292 g/mol. The number of carboxylic acid groups (broad SMARTS) is 1. The zero-order chi connectivity index (χ0) is 15.0. The van der Waals surface area contributed by atoms with Crippen molar-refractivity contribution in [2.24, 2.45) is 5.41 Å². The van der Waals surface area contributed by atoms with Crippen LogP contribution < -0.4 is 5.32 Å². The van der Waals surface area contributed by atoms with Gasteiger partial charge < -0.3 is 15.2 Å². The number of ether oxygens (including phenoxy) is 1. The van der Waals surface area contributed by atoms with Crippen LogP contribution in [0.2, 0.25) is 0 Å². The Morgan fingerprint density at radius 3 is 3.14 bits per heavy atom. The number of rotatable bonds is 5. The highest BCUT2D eigenvalue weighted by molar-refractivity contribution is 7.21. The van der Waals surface area contributed by atoms with E-state index in [2.05, 4.69) is 29.2 Å². The van der Waals surface area contributed by atoms with Crippen molar-refractivity contribution in [3.05, 3.63) is 12.0 Å². The van der Waals surface area contributed by atoms with Crippen LogP contribution in [-0.2, 0) is 4.74 Å². The number of nitrogens with one attached hydrogen (secondary N) is 1. The van der Waals surface area contributed by atoms with Crippen LogP contribution in [0.3, 0.4) is 0 Å². The lowest BCUT2D eigenvalue weighted by atomic mass is 9.85. The molecule has 0 aromatic carbocycles. The molecule has 8 heteroatoms. The van der Waals surface area contributed by atoms with Gasteiger partial charge in [-0.2, -0.15) is 0 Å². The minimum absolute atomic E-state index is 0.00467. The summed E-state index contributed by atoms with van der Waals surface area (Å²) < 4.78 is 7.25. The van der Waals surface area contributed by atoms with Gasteiger partial charge in [0.25, 0.3) is 0 Å². The Hall–Kier alpha value is -1.67. The maximum Gasteiger partial charge on any atom is 0.357 e. The van der Waals surface area contributed by atoms with Gasteiger partial charge in [-0.25, -0.2) is 14.3 Å². The summed E-state index contributed by atoms with van der Waals surface area (Å²) in [7, 11) is 0. The average molecular weight is 310 g/mol. The van der Waals surface area contributed by atoms with Crippen LogP contribution in [0.15, 0.2) is 6.33 Å². The third-order valence-corrected chi connectivity index (χ3v) is 4.79. The number of anilines is 1. The van der Waals surface area contributed by atoms with E-state index in [4.69, 9.17) is 9.84 Å². The van der Waals surface area contributed by atoms with Crippen molar-refractivity contribution in [2.45, 2.75) is 32.8 Å². The van der Waals surface area contributed by atoms with Gasteiger partial charge in [0.15, 0.2) is 10.5 Å². The normalized spacial score (nSPS) is 19.2.